The van der Waals surface area contributed by atoms with Crippen LogP contribution in [0.4, 0.5) is 4.79 Å². The zero-order valence-corrected chi connectivity index (χ0v) is 19.0. The number of hydrogen-bond donors (Lipinski definition) is 1. The lowest BCUT2D eigenvalue weighted by Gasteiger charge is -2.42. The summed E-state index contributed by atoms with van der Waals surface area (Å²) < 4.78 is 4.65. The number of ketones is 2. The predicted molar refractivity (Wildman–Crippen MR) is 118 cm³/mol. The number of phenols is 1. The van der Waals surface area contributed by atoms with Gasteiger partial charge in [-0.1, -0.05) is 23.8 Å². The number of fused-ring (bicyclic) bond motifs is 3. The van der Waals surface area contributed by atoms with Crippen LogP contribution >= 0.6 is 0 Å². The molecule has 1 N–H and O–H groups in total. The van der Waals surface area contributed by atoms with Crippen molar-refractivity contribution in [1.29, 1.82) is 0 Å². The van der Waals surface area contributed by atoms with Gasteiger partial charge in [-0.2, -0.15) is 4.90 Å². The maximum absolute atomic E-state index is 13.3. The van der Waals surface area contributed by atoms with Gasteiger partial charge in [-0.3, -0.25) is 19.2 Å². The van der Waals surface area contributed by atoms with E-state index in [1.54, 1.807) is 32.0 Å². The molecule has 0 spiro atoms. The molecule has 174 valence electrons. The normalized spacial score (nSPS) is 28.3. The minimum Gasteiger partial charge on any atom is -0.508 e. The maximum atomic E-state index is 13.3. The molecule has 3 amide bonds. The van der Waals surface area contributed by atoms with E-state index >= 15 is 0 Å². The number of carbonyl (C=O) groups is 5. The largest absolute Gasteiger partial charge is 0.508 e. The van der Waals surface area contributed by atoms with Crippen molar-refractivity contribution in [3.8, 4) is 5.75 Å². The van der Waals surface area contributed by atoms with E-state index in [0.717, 1.165) is 18.2 Å². The molecule has 34 heavy (non-hydrogen) atoms. The molecule has 3 aliphatic carbocycles. The molecule has 8 nitrogen and oxygen atoms in total. The molecule has 1 aromatic carbocycles. The molecule has 1 heterocycles. The number of aryl methyl sites for hydroxylation is 1. The summed E-state index contributed by atoms with van der Waals surface area (Å²) in [6.07, 6.45) is 2.55. The Morgan fingerprint density at radius 3 is 2.50 bits per heavy atom. The van der Waals surface area contributed by atoms with Crippen LogP contribution in [0, 0.1) is 24.7 Å². The molecule has 1 saturated heterocycles. The van der Waals surface area contributed by atoms with Crippen LogP contribution < -0.4 is 0 Å². The summed E-state index contributed by atoms with van der Waals surface area (Å²) in [4.78, 5) is 65.2. The SMILES string of the molecule is COC(=O)N1C(=O)C2CC=C3C(c4ccc(O)c(C)c4)C4=C(CC3C2C1=O)C(=O)C=C(C)C4=O. The minimum atomic E-state index is -1.02. The molecule has 8 heteroatoms. The third-order valence-electron chi connectivity index (χ3n) is 7.48. The van der Waals surface area contributed by atoms with Crippen LogP contribution in [-0.2, 0) is 23.9 Å². The first-order valence-electron chi connectivity index (χ1n) is 11.1. The summed E-state index contributed by atoms with van der Waals surface area (Å²) in [5.74, 6) is -4.30. The molecule has 4 unspecified atom stereocenters. The van der Waals surface area contributed by atoms with E-state index in [1.807, 2.05) is 6.08 Å². The Morgan fingerprint density at radius 1 is 1.09 bits per heavy atom. The molecule has 0 radical (unpaired) electrons. The summed E-state index contributed by atoms with van der Waals surface area (Å²) in [6, 6.07) is 5.02. The minimum absolute atomic E-state index is 0.107. The molecule has 5 rings (SSSR count). The first-order valence-corrected chi connectivity index (χ1v) is 11.1. The maximum Gasteiger partial charge on any atom is 0.423 e. The van der Waals surface area contributed by atoms with Gasteiger partial charge in [0.25, 0.3) is 0 Å². The van der Waals surface area contributed by atoms with Crippen molar-refractivity contribution in [3.05, 3.63) is 63.8 Å². The number of aromatic hydroxyl groups is 1. The van der Waals surface area contributed by atoms with Crippen molar-refractivity contribution in [2.45, 2.75) is 32.6 Å². The number of benzene rings is 1. The van der Waals surface area contributed by atoms with Crippen LogP contribution in [0.2, 0.25) is 0 Å². The van der Waals surface area contributed by atoms with E-state index < -0.39 is 41.6 Å². The molecule has 4 atom stereocenters. The second kappa shape index (κ2) is 7.62. The first kappa shape index (κ1) is 22.0. The van der Waals surface area contributed by atoms with Crippen LogP contribution in [0.25, 0.3) is 0 Å². The molecule has 4 aliphatic rings. The quantitative estimate of drug-likeness (QED) is 0.388. The number of allylic oxidation sites excluding steroid dienone is 6. The summed E-state index contributed by atoms with van der Waals surface area (Å²) in [5.41, 5.74) is 3.19. The van der Waals surface area contributed by atoms with Gasteiger partial charge in [-0.15, -0.1) is 0 Å². The number of ether oxygens (including phenoxy) is 1. The Labute approximate surface area is 195 Å². The second-order valence-corrected chi connectivity index (χ2v) is 9.26. The summed E-state index contributed by atoms with van der Waals surface area (Å²) >= 11 is 0. The van der Waals surface area contributed by atoms with Crippen molar-refractivity contribution in [3.63, 3.8) is 0 Å². The lowest BCUT2D eigenvalue weighted by molar-refractivity contribution is -0.137. The molecule has 1 aliphatic heterocycles. The highest BCUT2D eigenvalue weighted by Gasteiger charge is 2.58. The number of imide groups is 3. The fourth-order valence-corrected chi connectivity index (χ4v) is 5.87. The molecular formula is C26H23NO7. The third kappa shape index (κ3) is 2.94. The van der Waals surface area contributed by atoms with E-state index in [2.05, 4.69) is 4.74 Å². The highest BCUT2D eigenvalue weighted by molar-refractivity contribution is 6.24. The molecule has 1 aromatic rings. The number of carbonyl (C=O) groups excluding carboxylic acids is 5. The van der Waals surface area contributed by atoms with Crippen molar-refractivity contribution < 1.29 is 33.8 Å². The summed E-state index contributed by atoms with van der Waals surface area (Å²) in [5, 5.41) is 10.0. The van der Waals surface area contributed by atoms with Crippen molar-refractivity contribution in [2.24, 2.45) is 17.8 Å². The van der Waals surface area contributed by atoms with Gasteiger partial charge >= 0.3 is 6.09 Å². The fraction of sp³-hybridized carbons (Fsp3) is 0.346. The monoisotopic (exact) mass is 461 g/mol. The Hall–Kier alpha value is -3.81. The fourth-order valence-electron chi connectivity index (χ4n) is 5.87. The Kier molecular flexibility index (Phi) is 4.93. The van der Waals surface area contributed by atoms with Gasteiger partial charge in [0.2, 0.25) is 11.8 Å². The number of methoxy groups -OCH3 is 1. The smallest absolute Gasteiger partial charge is 0.423 e. The highest BCUT2D eigenvalue weighted by atomic mass is 16.5. The van der Waals surface area contributed by atoms with E-state index in [9.17, 15) is 29.1 Å². The van der Waals surface area contributed by atoms with Crippen molar-refractivity contribution >= 4 is 29.5 Å². The Balaban J connectivity index is 1.68. The van der Waals surface area contributed by atoms with Gasteiger partial charge in [-0.05, 0) is 55.9 Å². The molecule has 0 saturated carbocycles. The van der Waals surface area contributed by atoms with E-state index in [1.165, 1.54) is 6.08 Å². The van der Waals surface area contributed by atoms with Crippen molar-refractivity contribution in [2.75, 3.05) is 7.11 Å². The van der Waals surface area contributed by atoms with Gasteiger partial charge in [-0.25, -0.2) is 4.79 Å². The average molecular weight is 461 g/mol. The Morgan fingerprint density at radius 2 is 1.82 bits per heavy atom. The zero-order valence-electron chi connectivity index (χ0n) is 19.0. The lowest BCUT2D eigenvalue weighted by Crippen LogP contribution is -2.40. The van der Waals surface area contributed by atoms with Gasteiger partial charge in [0.15, 0.2) is 11.6 Å². The number of likely N-dealkylation sites (tertiary alicyclic amines) is 1. The van der Waals surface area contributed by atoms with Gasteiger partial charge in [0, 0.05) is 22.6 Å². The number of Topliss-reactive ketones (excluding diaryl/α,β-unsaturated/α-hetero) is 1. The second-order valence-electron chi connectivity index (χ2n) is 9.26. The lowest BCUT2D eigenvalue weighted by atomic mass is 9.59. The van der Waals surface area contributed by atoms with E-state index in [-0.39, 0.29) is 30.2 Å². The molecule has 0 bridgehead atoms. The Bertz CT molecular complexity index is 1300. The van der Waals surface area contributed by atoms with Crippen molar-refractivity contribution in [1.82, 2.24) is 4.90 Å². The van der Waals surface area contributed by atoms with E-state index in [4.69, 9.17) is 0 Å². The molecule has 1 fully saturated rings. The number of hydrogen-bond acceptors (Lipinski definition) is 7. The van der Waals surface area contributed by atoms with Gasteiger partial charge in [0.1, 0.15) is 5.75 Å². The number of rotatable bonds is 1. The number of amides is 3. The number of phenolic OH excluding ortho intramolecular Hbond substituents is 1. The summed E-state index contributed by atoms with van der Waals surface area (Å²) in [6.45, 7) is 3.35. The molecular weight excluding hydrogens is 438 g/mol. The van der Waals surface area contributed by atoms with Gasteiger partial charge < -0.3 is 9.84 Å². The average Bonchev–Trinajstić information content (AvgIpc) is 3.07. The number of nitrogens with zero attached hydrogens (tertiary/aromatic N) is 1. The van der Waals surface area contributed by atoms with Gasteiger partial charge in [0.05, 0.1) is 18.9 Å². The van der Waals surface area contributed by atoms with Crippen LogP contribution in [0.3, 0.4) is 0 Å². The first-order chi connectivity index (χ1) is 16.1. The van der Waals surface area contributed by atoms with Crippen LogP contribution in [0.15, 0.2) is 52.6 Å². The topological polar surface area (TPSA) is 118 Å². The molecule has 0 aromatic heterocycles. The van der Waals surface area contributed by atoms with E-state index in [0.29, 0.717) is 27.2 Å². The van der Waals surface area contributed by atoms with Crippen LogP contribution in [-0.4, -0.2) is 46.6 Å². The predicted octanol–water partition coefficient (Wildman–Crippen LogP) is 2.90. The van der Waals surface area contributed by atoms with Crippen LogP contribution in [0.1, 0.15) is 36.8 Å². The summed E-state index contributed by atoms with van der Waals surface area (Å²) in [7, 11) is 1.11. The zero-order chi connectivity index (χ0) is 24.5. The highest BCUT2D eigenvalue weighted by Crippen LogP contribution is 2.55. The third-order valence-corrected chi connectivity index (χ3v) is 7.48. The van der Waals surface area contributed by atoms with Crippen LogP contribution in [0.5, 0.6) is 5.75 Å². The standard InChI is InChI=1S/C26H23NO7/c1-11-8-13(4-7-18(11)28)20-14-5-6-15-21(25(32)27(24(15)31)26(33)34-3)16(14)10-17-19(29)9-12(2)23(30)22(17)20/h4-5,7-9,15-16,20-21,28H,6,10H2,1-3H3.